The van der Waals surface area contributed by atoms with Crippen LogP contribution in [0, 0.1) is 0 Å². The first-order valence-corrected chi connectivity index (χ1v) is 9.90. The minimum absolute atomic E-state index is 0.779. The average Bonchev–Trinajstić information content (AvgIpc) is 3.24. The van der Waals surface area contributed by atoms with E-state index in [4.69, 9.17) is 16.6 Å². The van der Waals surface area contributed by atoms with Crippen molar-refractivity contribution < 1.29 is 4.42 Å². The number of rotatable bonds is 5. The van der Waals surface area contributed by atoms with Crippen LogP contribution in [0.4, 0.5) is 17.1 Å². The van der Waals surface area contributed by atoms with Crippen LogP contribution in [0.15, 0.2) is 77.4 Å². The van der Waals surface area contributed by atoms with Crippen molar-refractivity contribution in [2.24, 2.45) is 0 Å². The molecule has 28 heavy (non-hydrogen) atoms. The van der Waals surface area contributed by atoms with E-state index < -0.39 is 0 Å². The third kappa shape index (κ3) is 4.91. The molecule has 4 rings (SSSR count). The van der Waals surface area contributed by atoms with E-state index in [0.29, 0.717) is 0 Å². The summed E-state index contributed by atoms with van der Waals surface area (Å²) >= 11 is 5.61. The lowest BCUT2D eigenvalue weighted by Crippen LogP contribution is -2.49. The maximum absolute atomic E-state index is 5.61. The van der Waals surface area contributed by atoms with Gasteiger partial charge in [-0.3, -0.25) is 4.90 Å². The van der Waals surface area contributed by atoms with Crippen molar-refractivity contribution in [3.8, 4) is 0 Å². The number of thiocarbonyl (C=S) groups is 1. The SMILES string of the molecule is S=C(Nc1ccc(Nc2ccccc2)cc1)N1CCN(Cc2ccco2)CC1. The number of anilines is 3. The Hall–Kier alpha value is -2.83. The molecule has 3 aromatic rings. The van der Waals surface area contributed by atoms with Crippen molar-refractivity contribution in [2.75, 3.05) is 36.8 Å². The monoisotopic (exact) mass is 392 g/mol. The summed E-state index contributed by atoms with van der Waals surface area (Å²) in [5.74, 6) is 1.01. The topological polar surface area (TPSA) is 43.7 Å². The fourth-order valence-corrected chi connectivity index (χ4v) is 3.56. The van der Waals surface area contributed by atoms with Gasteiger partial charge < -0.3 is 20.0 Å². The van der Waals surface area contributed by atoms with Crippen molar-refractivity contribution in [3.05, 3.63) is 78.8 Å². The summed E-state index contributed by atoms with van der Waals surface area (Å²) in [7, 11) is 0. The molecular formula is C22H24N4OS. The molecule has 5 nitrogen and oxygen atoms in total. The summed E-state index contributed by atoms with van der Waals surface area (Å²) in [6.45, 7) is 4.64. The lowest BCUT2D eigenvalue weighted by molar-refractivity contribution is 0.166. The maximum Gasteiger partial charge on any atom is 0.173 e. The molecule has 0 spiro atoms. The van der Waals surface area contributed by atoms with E-state index >= 15 is 0 Å². The van der Waals surface area contributed by atoms with Crippen molar-refractivity contribution in [3.63, 3.8) is 0 Å². The summed E-state index contributed by atoms with van der Waals surface area (Å²) in [6.07, 6.45) is 1.73. The number of nitrogens with one attached hydrogen (secondary N) is 2. The Morgan fingerprint density at radius 3 is 2.18 bits per heavy atom. The largest absolute Gasteiger partial charge is 0.468 e. The zero-order valence-corrected chi connectivity index (χ0v) is 16.5. The van der Waals surface area contributed by atoms with E-state index in [2.05, 4.69) is 32.6 Å². The van der Waals surface area contributed by atoms with Crippen LogP contribution in [-0.2, 0) is 6.54 Å². The van der Waals surface area contributed by atoms with Gasteiger partial charge in [-0.2, -0.15) is 0 Å². The first-order chi connectivity index (χ1) is 13.8. The maximum atomic E-state index is 5.61. The van der Waals surface area contributed by atoms with Crippen molar-refractivity contribution >= 4 is 34.4 Å². The molecule has 1 saturated heterocycles. The molecule has 0 bridgehead atoms. The fourth-order valence-electron chi connectivity index (χ4n) is 3.26. The van der Waals surface area contributed by atoms with E-state index in [-0.39, 0.29) is 0 Å². The molecule has 0 unspecified atom stereocenters. The molecule has 0 atom stereocenters. The van der Waals surface area contributed by atoms with Crippen LogP contribution in [0.3, 0.4) is 0 Å². The van der Waals surface area contributed by atoms with Gasteiger partial charge in [0.2, 0.25) is 0 Å². The van der Waals surface area contributed by atoms with Gasteiger partial charge in [-0.05, 0) is 60.7 Å². The van der Waals surface area contributed by atoms with Crippen LogP contribution < -0.4 is 10.6 Å². The lowest BCUT2D eigenvalue weighted by atomic mass is 10.2. The van der Waals surface area contributed by atoms with Crippen LogP contribution in [0.2, 0.25) is 0 Å². The number of furan rings is 1. The molecule has 0 aliphatic carbocycles. The number of piperazine rings is 1. The van der Waals surface area contributed by atoms with Gasteiger partial charge in [0.15, 0.2) is 5.11 Å². The predicted molar refractivity (Wildman–Crippen MR) is 118 cm³/mol. The Bertz CT molecular complexity index is 873. The lowest BCUT2D eigenvalue weighted by Gasteiger charge is -2.35. The molecule has 2 N–H and O–H groups in total. The molecule has 2 heterocycles. The first kappa shape index (κ1) is 18.5. The third-order valence-electron chi connectivity index (χ3n) is 4.82. The van der Waals surface area contributed by atoms with Gasteiger partial charge in [0.05, 0.1) is 12.8 Å². The van der Waals surface area contributed by atoms with Gasteiger partial charge in [-0.1, -0.05) is 18.2 Å². The molecule has 0 radical (unpaired) electrons. The van der Waals surface area contributed by atoms with Crippen LogP contribution in [-0.4, -0.2) is 41.1 Å². The molecule has 1 aromatic heterocycles. The Morgan fingerprint density at radius 2 is 1.50 bits per heavy atom. The van der Waals surface area contributed by atoms with Crippen molar-refractivity contribution in [2.45, 2.75) is 6.54 Å². The second-order valence-corrected chi connectivity index (χ2v) is 7.23. The number of para-hydroxylation sites is 1. The highest BCUT2D eigenvalue weighted by Gasteiger charge is 2.19. The minimum atomic E-state index is 0.779. The molecular weight excluding hydrogens is 368 g/mol. The zero-order chi connectivity index (χ0) is 19.2. The molecule has 1 aliphatic heterocycles. The Labute approximate surface area is 171 Å². The number of nitrogens with zero attached hydrogens (tertiary/aromatic N) is 2. The van der Waals surface area contributed by atoms with Crippen molar-refractivity contribution in [1.29, 1.82) is 0 Å². The zero-order valence-electron chi connectivity index (χ0n) is 15.7. The van der Waals surface area contributed by atoms with Crippen LogP contribution >= 0.6 is 12.2 Å². The molecule has 1 fully saturated rings. The molecule has 2 aromatic carbocycles. The van der Waals surface area contributed by atoms with E-state index in [1.54, 1.807) is 6.26 Å². The summed E-state index contributed by atoms with van der Waals surface area (Å²) < 4.78 is 5.44. The van der Waals surface area contributed by atoms with Crippen LogP contribution in [0.25, 0.3) is 0 Å². The predicted octanol–water partition coefficient (Wildman–Crippen LogP) is 4.54. The van der Waals surface area contributed by atoms with E-state index in [9.17, 15) is 0 Å². The third-order valence-corrected chi connectivity index (χ3v) is 5.18. The average molecular weight is 393 g/mol. The highest BCUT2D eigenvalue weighted by molar-refractivity contribution is 7.80. The van der Waals surface area contributed by atoms with E-state index in [1.807, 2.05) is 54.6 Å². The molecule has 1 aliphatic rings. The van der Waals surface area contributed by atoms with Gasteiger partial charge in [0, 0.05) is 43.2 Å². The Kier molecular flexibility index (Phi) is 5.89. The van der Waals surface area contributed by atoms with Gasteiger partial charge in [-0.15, -0.1) is 0 Å². The summed E-state index contributed by atoms with van der Waals surface area (Å²) in [5, 5.41) is 7.52. The number of hydrogen-bond acceptors (Lipinski definition) is 4. The van der Waals surface area contributed by atoms with Gasteiger partial charge in [0.1, 0.15) is 5.76 Å². The minimum Gasteiger partial charge on any atom is -0.468 e. The summed E-state index contributed by atoms with van der Waals surface area (Å²) in [4.78, 5) is 4.62. The Morgan fingerprint density at radius 1 is 0.821 bits per heavy atom. The highest BCUT2D eigenvalue weighted by atomic mass is 32.1. The van der Waals surface area contributed by atoms with E-state index in [0.717, 1.165) is 60.7 Å². The smallest absolute Gasteiger partial charge is 0.173 e. The van der Waals surface area contributed by atoms with Crippen LogP contribution in [0.1, 0.15) is 5.76 Å². The normalized spacial score (nSPS) is 14.6. The van der Waals surface area contributed by atoms with Crippen molar-refractivity contribution in [1.82, 2.24) is 9.80 Å². The van der Waals surface area contributed by atoms with Gasteiger partial charge >= 0.3 is 0 Å². The number of hydrogen-bond donors (Lipinski definition) is 2. The Balaban J connectivity index is 1.26. The van der Waals surface area contributed by atoms with E-state index in [1.165, 1.54) is 0 Å². The second kappa shape index (κ2) is 8.91. The second-order valence-electron chi connectivity index (χ2n) is 6.84. The molecule has 144 valence electrons. The summed E-state index contributed by atoms with van der Waals surface area (Å²) in [5.41, 5.74) is 3.13. The van der Waals surface area contributed by atoms with Crippen LogP contribution in [0.5, 0.6) is 0 Å². The standard InChI is InChI=1S/C22H24N4OS/c28-22(26-14-12-25(13-15-26)17-21-7-4-16-27-21)24-20-10-8-19(9-11-20)23-18-5-2-1-3-6-18/h1-11,16,23H,12-15,17H2,(H,24,28). The summed E-state index contributed by atoms with van der Waals surface area (Å²) in [6, 6.07) is 22.3. The van der Waals surface area contributed by atoms with Gasteiger partial charge in [-0.25, -0.2) is 0 Å². The number of benzene rings is 2. The molecule has 0 amide bonds. The fraction of sp³-hybridized carbons (Fsp3) is 0.227. The molecule has 6 heteroatoms. The first-order valence-electron chi connectivity index (χ1n) is 9.49. The molecule has 0 saturated carbocycles. The quantitative estimate of drug-likeness (QED) is 0.622. The highest BCUT2D eigenvalue weighted by Crippen LogP contribution is 2.19. The van der Waals surface area contributed by atoms with Gasteiger partial charge in [0.25, 0.3) is 0 Å².